The van der Waals surface area contributed by atoms with E-state index in [-0.39, 0.29) is 30.9 Å². The highest BCUT2D eigenvalue weighted by Gasteiger charge is 2.38. The molecule has 1 atom stereocenters. The van der Waals surface area contributed by atoms with E-state index in [0.29, 0.717) is 6.61 Å². The van der Waals surface area contributed by atoms with E-state index in [4.69, 9.17) is 4.74 Å². The van der Waals surface area contributed by atoms with Gasteiger partial charge in [-0.2, -0.15) is 4.31 Å². The largest absolute Gasteiger partial charge is 0.378 e. The number of amides is 1. The average molecular weight is 262 g/mol. The van der Waals surface area contributed by atoms with Gasteiger partial charge in [-0.3, -0.25) is 4.79 Å². The van der Waals surface area contributed by atoms with Gasteiger partial charge in [0, 0.05) is 12.6 Å². The third-order valence-corrected chi connectivity index (χ3v) is 4.91. The maximum atomic E-state index is 11.9. The van der Waals surface area contributed by atoms with E-state index in [1.54, 1.807) is 6.92 Å². The van der Waals surface area contributed by atoms with Crippen LogP contribution < -0.4 is 5.32 Å². The van der Waals surface area contributed by atoms with E-state index in [0.717, 1.165) is 12.8 Å². The van der Waals surface area contributed by atoms with Gasteiger partial charge in [-0.15, -0.1) is 0 Å². The van der Waals surface area contributed by atoms with E-state index in [9.17, 15) is 13.2 Å². The lowest BCUT2D eigenvalue weighted by Crippen LogP contribution is -2.56. The summed E-state index contributed by atoms with van der Waals surface area (Å²) in [6.07, 6.45) is 1.97. The van der Waals surface area contributed by atoms with Gasteiger partial charge in [0.25, 0.3) is 0 Å². The normalized spacial score (nSPS) is 26.8. The third kappa shape index (κ3) is 2.97. The van der Waals surface area contributed by atoms with E-state index in [1.165, 1.54) is 4.31 Å². The molecule has 1 heterocycles. The van der Waals surface area contributed by atoms with Gasteiger partial charge in [0.1, 0.15) is 6.04 Å². The molecular formula is C10H18N2O4S. The molecule has 0 aromatic carbocycles. The van der Waals surface area contributed by atoms with Crippen molar-refractivity contribution < 1.29 is 17.9 Å². The Hall–Kier alpha value is -0.660. The summed E-state index contributed by atoms with van der Waals surface area (Å²) in [6, 6.07) is -0.468. The smallest absolute Gasteiger partial charge is 0.241 e. The molecule has 1 saturated carbocycles. The fourth-order valence-corrected chi connectivity index (χ4v) is 3.05. The number of nitrogens with zero attached hydrogens (tertiary/aromatic N) is 1. The molecule has 0 radical (unpaired) electrons. The van der Waals surface area contributed by atoms with Crippen molar-refractivity contribution in [3.05, 3.63) is 0 Å². The van der Waals surface area contributed by atoms with Crippen molar-refractivity contribution in [2.45, 2.75) is 31.8 Å². The van der Waals surface area contributed by atoms with Gasteiger partial charge in [-0.05, 0) is 19.8 Å². The molecular weight excluding hydrogens is 244 g/mol. The predicted octanol–water partition coefficient (Wildman–Crippen LogP) is -0.684. The highest BCUT2D eigenvalue weighted by molar-refractivity contribution is 7.89. The molecule has 1 amide bonds. The van der Waals surface area contributed by atoms with Crippen LogP contribution in [0.4, 0.5) is 0 Å². The second-order valence-electron chi connectivity index (χ2n) is 4.38. The van der Waals surface area contributed by atoms with Gasteiger partial charge in [0.2, 0.25) is 15.9 Å². The van der Waals surface area contributed by atoms with Crippen LogP contribution >= 0.6 is 0 Å². The highest BCUT2D eigenvalue weighted by Crippen LogP contribution is 2.20. The Bertz CT molecular complexity index is 391. The van der Waals surface area contributed by atoms with Crippen LogP contribution in [-0.2, 0) is 19.6 Å². The summed E-state index contributed by atoms with van der Waals surface area (Å²) in [5.41, 5.74) is 0. The zero-order valence-electron chi connectivity index (χ0n) is 9.89. The standard InChI is InChI=1S/C10H18N2O4S/c1-2-17(14,15)12-5-6-16-7-9(12)10(13)11-8-3-4-8/h8-9H,2-7H2,1H3,(H,11,13). The second-order valence-corrected chi connectivity index (χ2v) is 6.60. The first kappa shape index (κ1) is 12.8. The summed E-state index contributed by atoms with van der Waals surface area (Å²) in [4.78, 5) is 11.9. The van der Waals surface area contributed by atoms with Crippen molar-refractivity contribution in [1.29, 1.82) is 0 Å². The van der Waals surface area contributed by atoms with Crippen molar-refractivity contribution in [2.75, 3.05) is 25.5 Å². The van der Waals surface area contributed by atoms with Gasteiger partial charge in [0.05, 0.1) is 19.0 Å². The van der Waals surface area contributed by atoms with Crippen LogP contribution in [0, 0.1) is 0 Å². The molecule has 1 unspecified atom stereocenters. The molecule has 7 heteroatoms. The molecule has 2 aliphatic rings. The number of sulfonamides is 1. The Morgan fingerprint density at radius 3 is 2.76 bits per heavy atom. The molecule has 0 bridgehead atoms. The first-order valence-electron chi connectivity index (χ1n) is 5.92. The third-order valence-electron chi connectivity index (χ3n) is 3.03. The van der Waals surface area contributed by atoms with Crippen LogP contribution in [0.1, 0.15) is 19.8 Å². The number of carbonyl (C=O) groups excluding carboxylic acids is 1. The van der Waals surface area contributed by atoms with Crippen LogP contribution in [0.15, 0.2) is 0 Å². The van der Waals surface area contributed by atoms with Crippen LogP contribution in [-0.4, -0.2) is 56.2 Å². The molecule has 1 aliphatic heterocycles. The summed E-state index contributed by atoms with van der Waals surface area (Å²) >= 11 is 0. The molecule has 6 nitrogen and oxygen atoms in total. The molecule has 1 saturated heterocycles. The number of carbonyl (C=O) groups is 1. The molecule has 2 fully saturated rings. The number of nitrogens with one attached hydrogen (secondary N) is 1. The SMILES string of the molecule is CCS(=O)(=O)N1CCOCC1C(=O)NC1CC1. The Balaban J connectivity index is 2.08. The summed E-state index contributed by atoms with van der Waals surface area (Å²) in [5, 5.41) is 2.82. The van der Waals surface area contributed by atoms with E-state index in [1.807, 2.05) is 0 Å². The molecule has 1 N–H and O–H groups in total. The van der Waals surface area contributed by atoms with Gasteiger partial charge < -0.3 is 10.1 Å². The number of morpholine rings is 1. The quantitative estimate of drug-likeness (QED) is 0.728. The minimum Gasteiger partial charge on any atom is -0.378 e. The number of hydrogen-bond acceptors (Lipinski definition) is 4. The Morgan fingerprint density at radius 1 is 1.47 bits per heavy atom. The molecule has 0 aromatic heterocycles. The lowest BCUT2D eigenvalue weighted by molar-refractivity contribution is -0.129. The van der Waals surface area contributed by atoms with Crippen molar-refractivity contribution in [2.24, 2.45) is 0 Å². The van der Waals surface area contributed by atoms with Crippen LogP contribution in [0.2, 0.25) is 0 Å². The lowest BCUT2D eigenvalue weighted by atomic mass is 10.2. The summed E-state index contributed by atoms with van der Waals surface area (Å²) in [7, 11) is -3.34. The van der Waals surface area contributed by atoms with E-state index in [2.05, 4.69) is 5.32 Å². The zero-order chi connectivity index (χ0) is 12.5. The summed E-state index contributed by atoms with van der Waals surface area (Å²) < 4.78 is 30.2. The minimum atomic E-state index is -3.34. The van der Waals surface area contributed by atoms with E-state index < -0.39 is 16.1 Å². The number of hydrogen-bond donors (Lipinski definition) is 1. The van der Waals surface area contributed by atoms with Gasteiger partial charge in [-0.25, -0.2) is 8.42 Å². The van der Waals surface area contributed by atoms with Gasteiger partial charge in [-0.1, -0.05) is 0 Å². The average Bonchev–Trinajstić information content (AvgIpc) is 3.13. The molecule has 0 spiro atoms. The Morgan fingerprint density at radius 2 is 2.18 bits per heavy atom. The first-order valence-corrected chi connectivity index (χ1v) is 7.53. The molecule has 17 heavy (non-hydrogen) atoms. The molecule has 1 aliphatic carbocycles. The predicted molar refractivity (Wildman–Crippen MR) is 61.9 cm³/mol. The van der Waals surface area contributed by atoms with Crippen LogP contribution in [0.25, 0.3) is 0 Å². The number of ether oxygens (including phenoxy) is 1. The Kier molecular flexibility index (Phi) is 3.70. The zero-order valence-corrected chi connectivity index (χ0v) is 10.7. The van der Waals surface area contributed by atoms with Crippen LogP contribution in [0.3, 0.4) is 0 Å². The fraction of sp³-hybridized carbons (Fsp3) is 0.900. The maximum Gasteiger partial charge on any atom is 0.241 e. The highest BCUT2D eigenvalue weighted by atomic mass is 32.2. The fourth-order valence-electron chi connectivity index (χ4n) is 1.82. The van der Waals surface area contributed by atoms with Crippen molar-refractivity contribution in [3.63, 3.8) is 0 Å². The van der Waals surface area contributed by atoms with Gasteiger partial charge in [0.15, 0.2) is 0 Å². The maximum absolute atomic E-state index is 11.9. The lowest BCUT2D eigenvalue weighted by Gasteiger charge is -2.33. The topological polar surface area (TPSA) is 75.7 Å². The van der Waals surface area contributed by atoms with Crippen LogP contribution in [0.5, 0.6) is 0 Å². The molecule has 0 aromatic rings. The summed E-state index contributed by atoms with van der Waals surface area (Å²) in [5.74, 6) is -0.218. The van der Waals surface area contributed by atoms with Crippen molar-refractivity contribution >= 4 is 15.9 Å². The molecule has 98 valence electrons. The Labute approximate surface area is 101 Å². The van der Waals surface area contributed by atoms with Crippen molar-refractivity contribution in [1.82, 2.24) is 9.62 Å². The first-order chi connectivity index (χ1) is 8.04. The van der Waals surface area contributed by atoms with Crippen molar-refractivity contribution in [3.8, 4) is 0 Å². The number of rotatable bonds is 4. The monoisotopic (exact) mass is 262 g/mol. The molecule has 2 rings (SSSR count). The van der Waals surface area contributed by atoms with E-state index >= 15 is 0 Å². The van der Waals surface area contributed by atoms with Gasteiger partial charge >= 0.3 is 0 Å². The summed E-state index contributed by atoms with van der Waals surface area (Å²) in [6.45, 7) is 2.35. The minimum absolute atomic E-state index is 0.0141. The second kappa shape index (κ2) is 4.91.